The highest BCUT2D eigenvalue weighted by Crippen LogP contribution is 2.33. The second kappa shape index (κ2) is 6.57. The van der Waals surface area contributed by atoms with E-state index in [-0.39, 0.29) is 17.9 Å². The Balaban J connectivity index is 0.000000902. The predicted molar refractivity (Wildman–Crippen MR) is 84.7 cm³/mol. The highest BCUT2D eigenvalue weighted by Gasteiger charge is 2.03. The van der Waals surface area contributed by atoms with Gasteiger partial charge in [0.25, 0.3) is 0 Å². The van der Waals surface area contributed by atoms with Crippen LogP contribution < -0.4 is 4.74 Å². The smallest absolute Gasteiger partial charge is 0.118 e. The third-order valence-electron chi connectivity index (χ3n) is 2.80. The average molecular weight is 295 g/mol. The van der Waals surface area contributed by atoms with Gasteiger partial charge in [0.2, 0.25) is 0 Å². The van der Waals surface area contributed by atoms with Crippen molar-refractivity contribution in [2.75, 3.05) is 7.11 Å². The SMILES string of the molecule is COc1ccc(-c2cc3ccccc3s2)cc1.Cl.O. The molecule has 2 aromatic carbocycles. The molecule has 1 heterocycles. The van der Waals surface area contributed by atoms with Crippen LogP contribution in [-0.2, 0) is 0 Å². The van der Waals surface area contributed by atoms with Crippen LogP contribution in [-0.4, -0.2) is 12.6 Å². The van der Waals surface area contributed by atoms with Crippen LogP contribution in [0.4, 0.5) is 0 Å². The Labute approximate surface area is 122 Å². The number of halogens is 1. The molecule has 0 aliphatic carbocycles. The quantitative estimate of drug-likeness (QED) is 0.699. The largest absolute Gasteiger partial charge is 0.497 e. The van der Waals surface area contributed by atoms with Crippen molar-refractivity contribution in [2.24, 2.45) is 0 Å². The molecule has 0 aliphatic heterocycles. The highest BCUT2D eigenvalue weighted by molar-refractivity contribution is 7.22. The number of thiophene rings is 1. The molecule has 2 nitrogen and oxygen atoms in total. The van der Waals surface area contributed by atoms with E-state index in [0.29, 0.717) is 0 Å². The monoisotopic (exact) mass is 294 g/mol. The molecule has 0 bridgehead atoms. The van der Waals surface area contributed by atoms with Crippen LogP contribution in [0.1, 0.15) is 0 Å². The number of rotatable bonds is 2. The zero-order chi connectivity index (χ0) is 11.7. The van der Waals surface area contributed by atoms with E-state index in [1.54, 1.807) is 7.11 Å². The van der Waals surface area contributed by atoms with Crippen molar-refractivity contribution >= 4 is 33.8 Å². The molecule has 0 saturated carbocycles. The van der Waals surface area contributed by atoms with Crippen molar-refractivity contribution < 1.29 is 10.2 Å². The first-order chi connectivity index (χ1) is 8.36. The first-order valence-electron chi connectivity index (χ1n) is 5.50. The van der Waals surface area contributed by atoms with Crippen LogP contribution in [0.15, 0.2) is 54.6 Å². The summed E-state index contributed by atoms with van der Waals surface area (Å²) in [5.74, 6) is 0.898. The summed E-state index contributed by atoms with van der Waals surface area (Å²) in [6, 6.07) is 18.9. The summed E-state index contributed by atoms with van der Waals surface area (Å²) >= 11 is 1.82. The van der Waals surface area contributed by atoms with Gasteiger partial charge in [-0.3, -0.25) is 0 Å². The maximum atomic E-state index is 5.17. The fourth-order valence-electron chi connectivity index (χ4n) is 1.88. The van der Waals surface area contributed by atoms with Crippen LogP contribution in [0.2, 0.25) is 0 Å². The molecule has 0 saturated heterocycles. The molecule has 100 valence electrons. The summed E-state index contributed by atoms with van der Waals surface area (Å²) in [5.41, 5.74) is 1.24. The van der Waals surface area contributed by atoms with Gasteiger partial charge in [-0.15, -0.1) is 23.7 Å². The molecule has 19 heavy (non-hydrogen) atoms. The summed E-state index contributed by atoms with van der Waals surface area (Å²) in [6.07, 6.45) is 0. The van der Waals surface area contributed by atoms with Crippen molar-refractivity contribution in [1.82, 2.24) is 0 Å². The van der Waals surface area contributed by atoms with Crippen molar-refractivity contribution in [2.45, 2.75) is 0 Å². The minimum absolute atomic E-state index is 0. The Morgan fingerprint density at radius 1 is 0.947 bits per heavy atom. The van der Waals surface area contributed by atoms with E-state index in [1.165, 1.54) is 20.5 Å². The fraction of sp³-hybridized carbons (Fsp3) is 0.0667. The van der Waals surface area contributed by atoms with Gasteiger partial charge in [-0.25, -0.2) is 0 Å². The lowest BCUT2D eigenvalue weighted by atomic mass is 10.1. The number of fused-ring (bicyclic) bond motifs is 1. The second-order valence-electron chi connectivity index (χ2n) is 3.88. The summed E-state index contributed by atoms with van der Waals surface area (Å²) in [5, 5.41) is 1.31. The molecule has 3 aromatic rings. The van der Waals surface area contributed by atoms with Crippen LogP contribution in [0, 0.1) is 0 Å². The normalized spacial score (nSPS) is 9.53. The number of ether oxygens (including phenoxy) is 1. The lowest BCUT2D eigenvalue weighted by Crippen LogP contribution is -1.81. The first-order valence-corrected chi connectivity index (χ1v) is 6.31. The number of benzene rings is 2. The van der Waals surface area contributed by atoms with Gasteiger partial charge in [-0.2, -0.15) is 0 Å². The Hall–Kier alpha value is -1.55. The van der Waals surface area contributed by atoms with Crippen LogP contribution in [0.3, 0.4) is 0 Å². The van der Waals surface area contributed by atoms with Crippen LogP contribution in [0.5, 0.6) is 5.75 Å². The summed E-state index contributed by atoms with van der Waals surface area (Å²) in [6.45, 7) is 0. The van der Waals surface area contributed by atoms with Crippen molar-refractivity contribution in [3.05, 3.63) is 54.6 Å². The van der Waals surface area contributed by atoms with Gasteiger partial charge in [0, 0.05) is 9.58 Å². The average Bonchev–Trinajstić information content (AvgIpc) is 2.82. The van der Waals surface area contributed by atoms with Gasteiger partial charge in [0.05, 0.1) is 7.11 Å². The Morgan fingerprint density at radius 3 is 2.26 bits per heavy atom. The topological polar surface area (TPSA) is 40.7 Å². The van der Waals surface area contributed by atoms with Crippen molar-refractivity contribution in [1.29, 1.82) is 0 Å². The van der Waals surface area contributed by atoms with E-state index in [1.807, 2.05) is 23.5 Å². The fourth-order valence-corrected chi connectivity index (χ4v) is 2.95. The molecule has 0 atom stereocenters. The van der Waals surface area contributed by atoms with E-state index in [2.05, 4.69) is 42.5 Å². The number of hydrogen-bond donors (Lipinski definition) is 0. The molecular weight excluding hydrogens is 280 g/mol. The van der Waals surface area contributed by atoms with Crippen LogP contribution in [0.25, 0.3) is 20.5 Å². The number of methoxy groups -OCH3 is 1. The maximum absolute atomic E-state index is 5.17. The summed E-state index contributed by atoms with van der Waals surface area (Å²) < 4.78 is 6.50. The van der Waals surface area contributed by atoms with Gasteiger partial charge in [-0.1, -0.05) is 18.2 Å². The third kappa shape index (κ3) is 3.07. The Bertz CT molecular complexity index is 614. The molecule has 1 aromatic heterocycles. The van der Waals surface area contributed by atoms with E-state index in [0.717, 1.165) is 5.75 Å². The molecule has 3 rings (SSSR count). The van der Waals surface area contributed by atoms with Crippen LogP contribution >= 0.6 is 23.7 Å². The third-order valence-corrected chi connectivity index (χ3v) is 3.97. The molecule has 0 amide bonds. The van der Waals surface area contributed by atoms with Gasteiger partial charge in [-0.05, 0) is 47.3 Å². The molecule has 0 fully saturated rings. The van der Waals surface area contributed by atoms with E-state index < -0.39 is 0 Å². The zero-order valence-electron chi connectivity index (χ0n) is 10.4. The van der Waals surface area contributed by atoms with Gasteiger partial charge >= 0.3 is 0 Å². The predicted octanol–water partition coefficient (Wildman–Crippen LogP) is 4.17. The first kappa shape index (κ1) is 15.5. The molecule has 0 unspecified atom stereocenters. The van der Waals surface area contributed by atoms with E-state index in [9.17, 15) is 0 Å². The molecule has 0 aliphatic rings. The van der Waals surface area contributed by atoms with Gasteiger partial charge < -0.3 is 10.2 Å². The maximum Gasteiger partial charge on any atom is 0.118 e. The molecule has 2 N–H and O–H groups in total. The minimum Gasteiger partial charge on any atom is -0.497 e. The lowest BCUT2D eigenvalue weighted by Gasteiger charge is -2.00. The number of hydrogen-bond acceptors (Lipinski definition) is 2. The lowest BCUT2D eigenvalue weighted by molar-refractivity contribution is 0.415. The molecule has 0 spiro atoms. The van der Waals surface area contributed by atoms with Gasteiger partial charge in [0.1, 0.15) is 5.75 Å². The highest BCUT2D eigenvalue weighted by atomic mass is 35.5. The molecule has 0 radical (unpaired) electrons. The summed E-state index contributed by atoms with van der Waals surface area (Å²) in [7, 11) is 1.69. The minimum atomic E-state index is 0. The molecule has 4 heteroatoms. The Morgan fingerprint density at radius 2 is 1.63 bits per heavy atom. The van der Waals surface area contributed by atoms with Crippen molar-refractivity contribution in [3.63, 3.8) is 0 Å². The van der Waals surface area contributed by atoms with E-state index in [4.69, 9.17) is 4.74 Å². The second-order valence-corrected chi connectivity index (χ2v) is 4.96. The Kier molecular flexibility index (Phi) is 5.36. The zero-order valence-corrected chi connectivity index (χ0v) is 12.1. The van der Waals surface area contributed by atoms with Crippen molar-refractivity contribution in [3.8, 4) is 16.2 Å². The standard InChI is InChI=1S/C15H12OS.ClH.H2O/c1-16-13-8-6-11(7-9-13)15-10-12-4-2-3-5-14(12)17-15;;/h2-10H,1H3;1H;1H2. The van der Waals surface area contributed by atoms with E-state index >= 15 is 0 Å². The summed E-state index contributed by atoms with van der Waals surface area (Å²) in [4.78, 5) is 1.30. The molecular formula is C15H15ClO2S. The van der Waals surface area contributed by atoms with Gasteiger partial charge in [0.15, 0.2) is 0 Å².